The van der Waals surface area contributed by atoms with E-state index in [1.54, 1.807) is 46.8 Å². The number of benzene rings is 1. The van der Waals surface area contributed by atoms with E-state index in [1.807, 2.05) is 29.0 Å². The number of nitrogens with zero attached hydrogens (tertiary/aromatic N) is 2. The fourth-order valence-electron chi connectivity index (χ4n) is 4.17. The number of fused-ring (bicyclic) bond motifs is 2. The molecule has 2 aliphatic rings. The molecule has 8 heteroatoms. The molecular weight excluding hydrogens is 412 g/mol. The van der Waals surface area contributed by atoms with E-state index in [2.05, 4.69) is 15.6 Å². The average molecular weight is 433 g/mol. The molecule has 7 nitrogen and oxygen atoms in total. The van der Waals surface area contributed by atoms with Gasteiger partial charge in [0.2, 0.25) is 5.91 Å². The zero-order chi connectivity index (χ0) is 21.4. The van der Waals surface area contributed by atoms with Gasteiger partial charge in [-0.25, -0.2) is 0 Å². The van der Waals surface area contributed by atoms with Crippen LogP contribution in [0.25, 0.3) is 11.1 Å². The van der Waals surface area contributed by atoms with Crippen LogP contribution in [0, 0.1) is 0 Å². The largest absolute Gasteiger partial charge is 0.349 e. The van der Waals surface area contributed by atoms with Crippen molar-refractivity contribution in [2.24, 2.45) is 0 Å². The lowest BCUT2D eigenvalue weighted by Crippen LogP contribution is -2.55. The Bertz CT molecular complexity index is 1150. The number of rotatable bonds is 3. The fourth-order valence-corrected chi connectivity index (χ4v) is 4.83. The van der Waals surface area contributed by atoms with Crippen LogP contribution in [0.15, 0.2) is 59.6 Å². The van der Waals surface area contributed by atoms with Crippen LogP contribution < -0.4 is 10.6 Å². The highest BCUT2D eigenvalue weighted by Gasteiger charge is 2.40. The van der Waals surface area contributed by atoms with Crippen molar-refractivity contribution >= 4 is 34.7 Å². The number of piperidine rings is 1. The molecule has 1 aromatic carbocycles. The van der Waals surface area contributed by atoms with E-state index in [4.69, 9.17) is 0 Å². The lowest BCUT2D eigenvalue weighted by molar-refractivity contribution is -0.121. The molecule has 31 heavy (non-hydrogen) atoms. The second-order valence-electron chi connectivity index (χ2n) is 7.71. The first-order valence-electron chi connectivity index (χ1n) is 10.1. The predicted octanol–water partition coefficient (Wildman–Crippen LogP) is 3.17. The molecule has 0 spiro atoms. The second-order valence-corrected chi connectivity index (χ2v) is 8.49. The Kier molecular flexibility index (Phi) is 4.99. The first-order valence-corrected chi connectivity index (χ1v) is 11.0. The number of amides is 3. The Balaban J connectivity index is 1.37. The van der Waals surface area contributed by atoms with Gasteiger partial charge >= 0.3 is 0 Å². The normalized spacial score (nSPS) is 20.3. The summed E-state index contributed by atoms with van der Waals surface area (Å²) in [4.78, 5) is 44.3. The number of nitrogens with one attached hydrogen (secondary N) is 2. The summed E-state index contributed by atoms with van der Waals surface area (Å²) >= 11 is 1.60. The lowest BCUT2D eigenvalue weighted by atomic mass is 9.95. The maximum absolute atomic E-state index is 13.3. The van der Waals surface area contributed by atoms with Crippen molar-refractivity contribution in [2.45, 2.75) is 24.9 Å². The number of aromatic nitrogens is 1. The van der Waals surface area contributed by atoms with Gasteiger partial charge in [-0.3, -0.25) is 19.4 Å². The van der Waals surface area contributed by atoms with Crippen LogP contribution >= 0.6 is 11.3 Å². The van der Waals surface area contributed by atoms with E-state index in [9.17, 15) is 14.4 Å². The molecule has 1 saturated heterocycles. The van der Waals surface area contributed by atoms with Gasteiger partial charge in [0.05, 0.1) is 11.3 Å². The molecule has 2 unspecified atom stereocenters. The SMILES string of the molecule is O=C(NC1CCN2C(=O)c3cc(-c4ccsc4)ccc3NC(=O)C2C1)c1ccncc1. The highest BCUT2D eigenvalue weighted by Crippen LogP contribution is 2.32. The molecule has 0 saturated carbocycles. The summed E-state index contributed by atoms with van der Waals surface area (Å²) in [7, 11) is 0. The topological polar surface area (TPSA) is 91.4 Å². The third-order valence-electron chi connectivity index (χ3n) is 5.81. The smallest absolute Gasteiger partial charge is 0.256 e. The first kappa shape index (κ1) is 19.4. The van der Waals surface area contributed by atoms with Crippen molar-refractivity contribution < 1.29 is 14.4 Å². The quantitative estimate of drug-likeness (QED) is 0.665. The molecule has 0 bridgehead atoms. The number of hydrogen-bond acceptors (Lipinski definition) is 5. The second kappa shape index (κ2) is 7.96. The lowest BCUT2D eigenvalue weighted by Gasteiger charge is -2.37. The molecule has 0 aliphatic carbocycles. The van der Waals surface area contributed by atoms with Crippen LogP contribution in [0.3, 0.4) is 0 Å². The van der Waals surface area contributed by atoms with Crippen LogP contribution in [0.5, 0.6) is 0 Å². The zero-order valence-corrected chi connectivity index (χ0v) is 17.4. The van der Waals surface area contributed by atoms with Gasteiger partial charge < -0.3 is 15.5 Å². The van der Waals surface area contributed by atoms with Gasteiger partial charge in [-0.05, 0) is 65.1 Å². The maximum atomic E-state index is 13.3. The summed E-state index contributed by atoms with van der Waals surface area (Å²) in [5.41, 5.74) is 3.54. The van der Waals surface area contributed by atoms with Gasteiger partial charge in [-0.15, -0.1) is 0 Å². The summed E-state index contributed by atoms with van der Waals surface area (Å²) in [5.74, 6) is -0.586. The van der Waals surface area contributed by atoms with E-state index in [-0.39, 0.29) is 23.8 Å². The Morgan fingerprint density at radius 3 is 2.74 bits per heavy atom. The van der Waals surface area contributed by atoms with Gasteiger partial charge in [-0.1, -0.05) is 6.07 Å². The minimum absolute atomic E-state index is 0.158. The maximum Gasteiger partial charge on any atom is 0.256 e. The first-order chi connectivity index (χ1) is 15.1. The zero-order valence-electron chi connectivity index (χ0n) is 16.6. The van der Waals surface area contributed by atoms with Crippen molar-refractivity contribution in [3.05, 3.63) is 70.7 Å². The van der Waals surface area contributed by atoms with Crippen LogP contribution in [0.2, 0.25) is 0 Å². The molecule has 2 aliphatic heterocycles. The molecule has 156 valence electrons. The van der Waals surface area contributed by atoms with E-state index in [0.29, 0.717) is 36.2 Å². The van der Waals surface area contributed by atoms with E-state index in [1.165, 1.54) is 0 Å². The van der Waals surface area contributed by atoms with Gasteiger partial charge in [-0.2, -0.15) is 11.3 Å². The fraction of sp³-hybridized carbons (Fsp3) is 0.217. The number of anilines is 1. The predicted molar refractivity (Wildman–Crippen MR) is 118 cm³/mol. The third-order valence-corrected chi connectivity index (χ3v) is 6.49. The number of carbonyl (C=O) groups excluding carboxylic acids is 3. The minimum atomic E-state index is -0.624. The van der Waals surface area contributed by atoms with Gasteiger partial charge in [0.25, 0.3) is 11.8 Å². The molecule has 3 amide bonds. The molecule has 3 aromatic rings. The summed E-state index contributed by atoms with van der Waals surface area (Å²) < 4.78 is 0. The van der Waals surface area contributed by atoms with Crippen molar-refractivity contribution in [3.8, 4) is 11.1 Å². The Labute approximate surface area is 183 Å². The molecule has 2 aromatic heterocycles. The summed E-state index contributed by atoms with van der Waals surface area (Å²) in [6.07, 6.45) is 4.10. The number of hydrogen-bond donors (Lipinski definition) is 2. The summed E-state index contributed by atoms with van der Waals surface area (Å²) in [6, 6.07) is 10.0. The van der Waals surface area contributed by atoms with E-state index in [0.717, 1.165) is 11.1 Å². The Morgan fingerprint density at radius 2 is 1.97 bits per heavy atom. The third kappa shape index (κ3) is 3.70. The van der Waals surface area contributed by atoms with E-state index >= 15 is 0 Å². The molecule has 1 fully saturated rings. The highest BCUT2D eigenvalue weighted by atomic mass is 32.1. The van der Waals surface area contributed by atoms with Crippen LogP contribution in [-0.4, -0.2) is 46.2 Å². The van der Waals surface area contributed by atoms with Gasteiger partial charge in [0.15, 0.2) is 0 Å². The molecule has 0 radical (unpaired) electrons. The Hall–Kier alpha value is -3.52. The minimum Gasteiger partial charge on any atom is -0.349 e. The van der Waals surface area contributed by atoms with E-state index < -0.39 is 6.04 Å². The summed E-state index contributed by atoms with van der Waals surface area (Å²) in [5, 5.41) is 9.92. The van der Waals surface area contributed by atoms with Crippen LogP contribution in [0.4, 0.5) is 5.69 Å². The monoisotopic (exact) mass is 432 g/mol. The molecule has 4 heterocycles. The number of thiophene rings is 1. The molecule has 5 rings (SSSR count). The van der Waals surface area contributed by atoms with Crippen molar-refractivity contribution in [1.29, 1.82) is 0 Å². The van der Waals surface area contributed by atoms with Crippen molar-refractivity contribution in [1.82, 2.24) is 15.2 Å². The number of pyridine rings is 1. The van der Waals surface area contributed by atoms with Gasteiger partial charge in [0.1, 0.15) is 6.04 Å². The van der Waals surface area contributed by atoms with Crippen LogP contribution in [-0.2, 0) is 4.79 Å². The standard InChI is InChI=1S/C23H20N4O3S/c28-21(14-3-7-24-8-4-14)25-17-5-9-27-20(12-17)22(29)26-19-2-1-15(11-18(19)23(27)30)16-6-10-31-13-16/h1-4,6-8,10-11,13,17,20H,5,9,12H2,(H,25,28)(H,26,29). The highest BCUT2D eigenvalue weighted by molar-refractivity contribution is 7.08. The Morgan fingerprint density at radius 1 is 1.13 bits per heavy atom. The molecular formula is C23H20N4O3S. The molecule has 2 N–H and O–H groups in total. The summed E-state index contributed by atoms with van der Waals surface area (Å²) in [6.45, 7) is 0.403. The molecule has 2 atom stereocenters. The van der Waals surface area contributed by atoms with Crippen molar-refractivity contribution in [2.75, 3.05) is 11.9 Å². The number of carbonyl (C=O) groups is 3. The van der Waals surface area contributed by atoms with Gasteiger partial charge in [0, 0.05) is 30.5 Å². The average Bonchev–Trinajstić information content (AvgIpc) is 3.31. The van der Waals surface area contributed by atoms with Crippen LogP contribution in [0.1, 0.15) is 33.6 Å². The van der Waals surface area contributed by atoms with Crippen molar-refractivity contribution in [3.63, 3.8) is 0 Å².